The third kappa shape index (κ3) is 3.15. The molecule has 1 aliphatic heterocycles. The molecule has 0 aromatic heterocycles. The van der Waals surface area contributed by atoms with Gasteiger partial charge in [-0.25, -0.2) is 13.6 Å². The minimum atomic E-state index is -1.42. The zero-order valence-electron chi connectivity index (χ0n) is 14.1. The molecule has 1 saturated heterocycles. The Morgan fingerprint density at radius 3 is 2.44 bits per heavy atom. The maximum absolute atomic E-state index is 13.8. The normalized spacial score (nSPS) is 19.0. The van der Waals surface area contributed by atoms with Gasteiger partial charge in [0.1, 0.15) is 17.2 Å². The molecule has 1 atom stereocenters. The summed E-state index contributed by atoms with van der Waals surface area (Å²) in [5, 5.41) is 11.4. The molecule has 6 nitrogen and oxygen atoms in total. The molecule has 0 radical (unpaired) electrons. The molecule has 3 amide bonds. The average molecular weight is 369 g/mol. The third-order valence-corrected chi connectivity index (χ3v) is 4.40. The smallest absolute Gasteiger partial charge is 0.319 e. The Labute approximate surface area is 153 Å². The van der Waals surface area contributed by atoms with E-state index in [9.17, 15) is 23.2 Å². The van der Waals surface area contributed by atoms with Gasteiger partial charge in [0.15, 0.2) is 5.78 Å². The lowest BCUT2D eigenvalue weighted by Gasteiger charge is -2.22. The quantitative estimate of drug-likeness (QED) is 0.662. The standard InChI is InChI=1S/C19H13F2N3O3/c1-19(12-4-2-11(9-22)3-5-12)17(26)24(18(27)23-19)10-16(25)14-7-6-13(20)8-15(14)21/h2-8H,10H2,1H3,(H,23,27). The highest BCUT2D eigenvalue weighted by molar-refractivity contribution is 6.11. The van der Waals surface area contributed by atoms with Crippen LogP contribution < -0.4 is 5.32 Å². The van der Waals surface area contributed by atoms with Crippen LogP contribution in [0.2, 0.25) is 0 Å². The number of imide groups is 1. The molecule has 3 rings (SSSR count). The van der Waals surface area contributed by atoms with E-state index in [1.807, 2.05) is 6.07 Å². The van der Waals surface area contributed by atoms with E-state index in [1.54, 1.807) is 0 Å². The van der Waals surface area contributed by atoms with Crippen LogP contribution in [0, 0.1) is 23.0 Å². The van der Waals surface area contributed by atoms with Crippen molar-refractivity contribution in [1.29, 1.82) is 5.26 Å². The summed E-state index contributed by atoms with van der Waals surface area (Å²) in [7, 11) is 0. The van der Waals surface area contributed by atoms with E-state index in [-0.39, 0.29) is 0 Å². The Morgan fingerprint density at radius 2 is 1.85 bits per heavy atom. The highest BCUT2D eigenvalue weighted by Crippen LogP contribution is 2.29. The van der Waals surface area contributed by atoms with Crippen LogP contribution in [-0.4, -0.2) is 29.2 Å². The number of nitrogens with one attached hydrogen (secondary N) is 1. The molecular weight excluding hydrogens is 356 g/mol. The van der Waals surface area contributed by atoms with Crippen molar-refractivity contribution in [2.45, 2.75) is 12.5 Å². The van der Waals surface area contributed by atoms with Gasteiger partial charge in [0.05, 0.1) is 23.7 Å². The molecule has 2 aromatic rings. The number of rotatable bonds is 4. The van der Waals surface area contributed by atoms with Crippen molar-refractivity contribution in [2.24, 2.45) is 0 Å². The summed E-state index contributed by atoms with van der Waals surface area (Å²) in [4.78, 5) is 38.0. The molecule has 1 fully saturated rings. The van der Waals surface area contributed by atoms with Gasteiger partial charge in [-0.2, -0.15) is 5.26 Å². The molecular formula is C19H13F2N3O3. The predicted octanol–water partition coefficient (Wildman–Crippen LogP) is 2.49. The molecule has 2 aromatic carbocycles. The lowest BCUT2D eigenvalue weighted by atomic mass is 9.91. The number of ketones is 1. The first-order valence-electron chi connectivity index (χ1n) is 7.89. The van der Waals surface area contributed by atoms with Crippen LogP contribution in [0.5, 0.6) is 0 Å². The van der Waals surface area contributed by atoms with Gasteiger partial charge in [-0.3, -0.25) is 14.5 Å². The summed E-state index contributed by atoms with van der Waals surface area (Å²) in [6, 6.07) is 9.65. The topological polar surface area (TPSA) is 90.3 Å². The molecule has 8 heteroatoms. The summed E-state index contributed by atoms with van der Waals surface area (Å²) in [5.41, 5.74) is -1.02. The Morgan fingerprint density at radius 1 is 1.19 bits per heavy atom. The molecule has 0 spiro atoms. The van der Waals surface area contributed by atoms with Crippen LogP contribution in [0.25, 0.3) is 0 Å². The van der Waals surface area contributed by atoms with E-state index in [2.05, 4.69) is 5.32 Å². The van der Waals surface area contributed by atoms with Gasteiger partial charge >= 0.3 is 6.03 Å². The van der Waals surface area contributed by atoms with Crippen molar-refractivity contribution >= 4 is 17.7 Å². The second-order valence-corrected chi connectivity index (χ2v) is 6.18. The van der Waals surface area contributed by atoms with Crippen LogP contribution >= 0.6 is 0 Å². The average Bonchev–Trinajstić information content (AvgIpc) is 2.85. The number of urea groups is 1. The number of halogens is 2. The molecule has 0 aliphatic carbocycles. The Kier molecular flexibility index (Phi) is 4.45. The molecule has 1 heterocycles. The lowest BCUT2D eigenvalue weighted by Crippen LogP contribution is -2.41. The maximum atomic E-state index is 13.8. The number of amides is 3. The summed E-state index contributed by atoms with van der Waals surface area (Å²) in [6.45, 7) is 0.788. The summed E-state index contributed by atoms with van der Waals surface area (Å²) >= 11 is 0. The summed E-state index contributed by atoms with van der Waals surface area (Å²) in [5.74, 6) is -3.43. The summed E-state index contributed by atoms with van der Waals surface area (Å²) in [6.07, 6.45) is 0. The van der Waals surface area contributed by atoms with Crippen LogP contribution in [0.15, 0.2) is 42.5 Å². The van der Waals surface area contributed by atoms with Crippen molar-refractivity contribution in [3.05, 3.63) is 70.8 Å². The van der Waals surface area contributed by atoms with Crippen LogP contribution in [0.3, 0.4) is 0 Å². The van der Waals surface area contributed by atoms with Gasteiger partial charge in [0, 0.05) is 6.07 Å². The van der Waals surface area contributed by atoms with Crippen LogP contribution in [0.1, 0.15) is 28.4 Å². The monoisotopic (exact) mass is 369 g/mol. The van der Waals surface area contributed by atoms with Gasteiger partial charge in [-0.15, -0.1) is 0 Å². The second-order valence-electron chi connectivity index (χ2n) is 6.18. The first-order valence-corrected chi connectivity index (χ1v) is 7.89. The van der Waals surface area contributed by atoms with Crippen LogP contribution in [0.4, 0.5) is 13.6 Å². The van der Waals surface area contributed by atoms with Gasteiger partial charge < -0.3 is 5.32 Å². The highest BCUT2D eigenvalue weighted by Gasteiger charge is 2.49. The third-order valence-electron chi connectivity index (χ3n) is 4.40. The lowest BCUT2D eigenvalue weighted by molar-refractivity contribution is -0.130. The number of carbonyl (C=O) groups excluding carboxylic acids is 3. The van der Waals surface area contributed by atoms with E-state index in [0.29, 0.717) is 22.1 Å². The number of nitrogens with zero attached hydrogens (tertiary/aromatic N) is 2. The van der Waals surface area contributed by atoms with E-state index in [1.165, 1.54) is 31.2 Å². The van der Waals surface area contributed by atoms with E-state index < -0.39 is 47.0 Å². The zero-order valence-corrected chi connectivity index (χ0v) is 14.1. The highest BCUT2D eigenvalue weighted by atomic mass is 19.1. The molecule has 0 saturated carbocycles. The van der Waals surface area contributed by atoms with Gasteiger partial charge in [-0.05, 0) is 36.8 Å². The number of nitriles is 1. The van der Waals surface area contributed by atoms with Gasteiger partial charge in [0.2, 0.25) is 0 Å². The molecule has 0 bridgehead atoms. The van der Waals surface area contributed by atoms with Crippen molar-refractivity contribution in [2.75, 3.05) is 6.54 Å². The number of benzene rings is 2. The van der Waals surface area contributed by atoms with Gasteiger partial charge in [-0.1, -0.05) is 12.1 Å². The van der Waals surface area contributed by atoms with Gasteiger partial charge in [0.25, 0.3) is 5.91 Å². The minimum absolute atomic E-state index is 0.387. The van der Waals surface area contributed by atoms with Crippen molar-refractivity contribution < 1.29 is 23.2 Å². The van der Waals surface area contributed by atoms with E-state index in [4.69, 9.17) is 5.26 Å². The first-order chi connectivity index (χ1) is 12.8. The maximum Gasteiger partial charge on any atom is 0.325 e. The summed E-state index contributed by atoms with van der Waals surface area (Å²) < 4.78 is 26.7. The molecule has 1 unspecified atom stereocenters. The first kappa shape index (κ1) is 18.2. The Hall–Kier alpha value is -3.60. The fourth-order valence-corrected chi connectivity index (χ4v) is 2.86. The van der Waals surface area contributed by atoms with Crippen molar-refractivity contribution in [1.82, 2.24) is 10.2 Å². The molecule has 27 heavy (non-hydrogen) atoms. The fraction of sp³-hybridized carbons (Fsp3) is 0.158. The number of hydrogen-bond donors (Lipinski definition) is 1. The number of Topliss-reactive ketones (excluding diaryl/α,β-unsaturated/α-hetero) is 1. The minimum Gasteiger partial charge on any atom is -0.319 e. The van der Waals surface area contributed by atoms with Crippen molar-refractivity contribution in [3.8, 4) is 6.07 Å². The van der Waals surface area contributed by atoms with E-state index >= 15 is 0 Å². The second kappa shape index (κ2) is 6.61. The SMILES string of the molecule is CC1(c2ccc(C#N)cc2)NC(=O)N(CC(=O)c2ccc(F)cc2F)C1=O. The Balaban J connectivity index is 1.85. The zero-order chi connectivity index (χ0) is 19.8. The molecule has 1 aliphatic rings. The molecule has 1 N–H and O–H groups in total. The number of carbonyl (C=O) groups is 3. The largest absolute Gasteiger partial charge is 0.325 e. The predicted molar refractivity (Wildman–Crippen MR) is 89.4 cm³/mol. The fourth-order valence-electron chi connectivity index (χ4n) is 2.86. The number of hydrogen-bond acceptors (Lipinski definition) is 4. The van der Waals surface area contributed by atoms with Crippen LogP contribution in [-0.2, 0) is 10.3 Å². The van der Waals surface area contributed by atoms with E-state index in [0.717, 1.165) is 12.1 Å². The Bertz CT molecular complexity index is 998. The molecule has 136 valence electrons. The van der Waals surface area contributed by atoms with Crippen molar-refractivity contribution in [3.63, 3.8) is 0 Å².